The average molecular weight is 526 g/mol. The first kappa shape index (κ1) is 26.8. The van der Waals surface area contributed by atoms with Crippen molar-refractivity contribution in [1.82, 2.24) is 15.6 Å². The monoisotopic (exact) mass is 525 g/mol. The zero-order valence-corrected chi connectivity index (χ0v) is 20.9. The van der Waals surface area contributed by atoms with Crippen LogP contribution < -0.4 is 21.3 Å². The molecule has 0 radical (unpaired) electrons. The van der Waals surface area contributed by atoms with Crippen LogP contribution in [0, 0.1) is 0 Å². The molecule has 0 unspecified atom stereocenters. The Morgan fingerprint density at radius 3 is 2.41 bits per heavy atom. The van der Waals surface area contributed by atoms with Gasteiger partial charge in [-0.05, 0) is 52.6 Å². The predicted molar refractivity (Wildman–Crippen MR) is 147 cm³/mol. The van der Waals surface area contributed by atoms with Crippen molar-refractivity contribution < 1.29 is 24.3 Å². The van der Waals surface area contributed by atoms with Gasteiger partial charge in [-0.3, -0.25) is 14.4 Å². The van der Waals surface area contributed by atoms with E-state index in [0.717, 1.165) is 16.3 Å². The first-order valence-corrected chi connectivity index (χ1v) is 12.2. The quantitative estimate of drug-likeness (QED) is 0.212. The Balaban J connectivity index is 1.28. The van der Waals surface area contributed by atoms with Crippen LogP contribution in [0.2, 0.25) is 0 Å². The summed E-state index contributed by atoms with van der Waals surface area (Å²) in [6.45, 7) is 0.00766. The highest BCUT2D eigenvalue weighted by Crippen LogP contribution is 2.18. The number of hydrogen-bond acceptors (Lipinski definition) is 5. The standard InChI is InChI=1S/C29H27N5O5/c35-25(34-27-20(10-5-15-30-27)13-14-26(36)37)18-31-28(38)21-8-4-11-23(16-21)33-29(39)32-17-22-9-3-7-19-6-1-2-12-24(19)22/h1-12,15-16H,13-14,17-18H2,(H,31,38)(H,36,37)(H,30,34,35)(H2,32,33,39). The zero-order valence-electron chi connectivity index (χ0n) is 20.9. The van der Waals surface area contributed by atoms with E-state index in [-0.39, 0.29) is 30.8 Å². The van der Waals surface area contributed by atoms with Crippen LogP contribution >= 0.6 is 0 Å². The molecule has 0 saturated heterocycles. The van der Waals surface area contributed by atoms with E-state index in [0.29, 0.717) is 17.8 Å². The molecule has 0 saturated carbocycles. The number of carboxylic acid groups (broad SMARTS) is 1. The maximum atomic E-state index is 12.6. The summed E-state index contributed by atoms with van der Waals surface area (Å²) in [4.78, 5) is 52.4. The van der Waals surface area contributed by atoms with Crippen molar-refractivity contribution in [2.45, 2.75) is 19.4 Å². The highest BCUT2D eigenvalue weighted by Gasteiger charge is 2.13. The molecule has 0 fully saturated rings. The predicted octanol–water partition coefficient (Wildman–Crippen LogP) is 3.94. The van der Waals surface area contributed by atoms with E-state index in [2.05, 4.69) is 26.3 Å². The van der Waals surface area contributed by atoms with Crippen molar-refractivity contribution in [3.05, 3.63) is 102 Å². The number of aromatic nitrogens is 1. The van der Waals surface area contributed by atoms with Crippen LogP contribution in [0.25, 0.3) is 10.8 Å². The van der Waals surface area contributed by atoms with Gasteiger partial charge in [0.25, 0.3) is 5.91 Å². The number of carbonyl (C=O) groups is 4. The fraction of sp³-hybridized carbons (Fsp3) is 0.138. The van der Waals surface area contributed by atoms with E-state index in [9.17, 15) is 19.2 Å². The third-order valence-electron chi connectivity index (χ3n) is 5.87. The van der Waals surface area contributed by atoms with Crippen molar-refractivity contribution in [3.8, 4) is 0 Å². The molecule has 39 heavy (non-hydrogen) atoms. The average Bonchev–Trinajstić information content (AvgIpc) is 2.94. The summed E-state index contributed by atoms with van der Waals surface area (Å²) in [5, 5.41) is 21.7. The van der Waals surface area contributed by atoms with Gasteiger partial charge in [0.2, 0.25) is 5.91 Å². The van der Waals surface area contributed by atoms with E-state index < -0.39 is 23.8 Å². The molecule has 10 nitrogen and oxygen atoms in total. The molecule has 5 N–H and O–H groups in total. The summed E-state index contributed by atoms with van der Waals surface area (Å²) in [7, 11) is 0. The molecule has 1 aromatic heterocycles. The van der Waals surface area contributed by atoms with Crippen LogP contribution in [0.1, 0.15) is 27.9 Å². The van der Waals surface area contributed by atoms with E-state index in [1.54, 1.807) is 30.3 Å². The Morgan fingerprint density at radius 1 is 0.795 bits per heavy atom. The minimum Gasteiger partial charge on any atom is -0.481 e. The molecule has 0 aliphatic rings. The Morgan fingerprint density at radius 2 is 1.56 bits per heavy atom. The fourth-order valence-corrected chi connectivity index (χ4v) is 3.97. The lowest BCUT2D eigenvalue weighted by Gasteiger charge is -2.11. The van der Waals surface area contributed by atoms with Crippen LogP contribution in [-0.4, -0.2) is 40.5 Å². The Bertz CT molecular complexity index is 1520. The second kappa shape index (κ2) is 12.8. The molecule has 1 heterocycles. The van der Waals surface area contributed by atoms with Crippen LogP contribution in [0.3, 0.4) is 0 Å². The summed E-state index contributed by atoms with van der Waals surface area (Å²) < 4.78 is 0. The molecule has 4 aromatic rings. The van der Waals surface area contributed by atoms with E-state index in [4.69, 9.17) is 5.11 Å². The van der Waals surface area contributed by atoms with Gasteiger partial charge in [0, 0.05) is 30.4 Å². The number of carboxylic acids is 1. The van der Waals surface area contributed by atoms with E-state index in [1.165, 1.54) is 12.3 Å². The van der Waals surface area contributed by atoms with Crippen LogP contribution in [0.15, 0.2) is 85.1 Å². The van der Waals surface area contributed by atoms with E-state index >= 15 is 0 Å². The van der Waals surface area contributed by atoms with Gasteiger partial charge in [-0.1, -0.05) is 54.6 Å². The lowest BCUT2D eigenvalue weighted by atomic mass is 10.0. The molecule has 4 amide bonds. The molecule has 3 aromatic carbocycles. The molecule has 10 heteroatoms. The smallest absolute Gasteiger partial charge is 0.319 e. The lowest BCUT2D eigenvalue weighted by Crippen LogP contribution is -2.33. The topological polar surface area (TPSA) is 150 Å². The van der Waals surface area contributed by atoms with Gasteiger partial charge >= 0.3 is 12.0 Å². The maximum absolute atomic E-state index is 12.6. The second-order valence-corrected chi connectivity index (χ2v) is 8.66. The van der Waals surface area contributed by atoms with Crippen LogP contribution in [0.4, 0.5) is 16.3 Å². The molecule has 0 bridgehead atoms. The molecule has 198 valence electrons. The Hall–Kier alpha value is -5.25. The number of aryl methyl sites for hydroxylation is 1. The maximum Gasteiger partial charge on any atom is 0.319 e. The first-order chi connectivity index (χ1) is 18.9. The number of fused-ring (bicyclic) bond motifs is 1. The first-order valence-electron chi connectivity index (χ1n) is 12.2. The number of nitrogens with zero attached hydrogens (tertiary/aromatic N) is 1. The second-order valence-electron chi connectivity index (χ2n) is 8.66. The minimum absolute atomic E-state index is 0.100. The molecule has 0 spiro atoms. The molecule has 0 atom stereocenters. The third kappa shape index (κ3) is 7.62. The number of benzene rings is 3. The van der Waals surface area contributed by atoms with Gasteiger partial charge < -0.3 is 26.4 Å². The number of amides is 4. The van der Waals surface area contributed by atoms with Gasteiger partial charge in [0.05, 0.1) is 6.54 Å². The highest BCUT2D eigenvalue weighted by atomic mass is 16.4. The van der Waals surface area contributed by atoms with Crippen molar-refractivity contribution >= 4 is 46.1 Å². The molecular formula is C29H27N5O5. The Labute approximate surface area is 224 Å². The fourth-order valence-electron chi connectivity index (χ4n) is 3.97. The number of anilines is 2. The number of carbonyl (C=O) groups excluding carboxylic acids is 3. The SMILES string of the molecule is O=C(O)CCc1cccnc1NC(=O)CNC(=O)c1cccc(NC(=O)NCc2cccc3ccccc23)c1. The summed E-state index contributed by atoms with van der Waals surface area (Å²) in [5.74, 6) is -1.72. The normalized spacial score (nSPS) is 10.5. The van der Waals surface area contributed by atoms with Gasteiger partial charge in [-0.15, -0.1) is 0 Å². The summed E-state index contributed by atoms with van der Waals surface area (Å²) in [6.07, 6.45) is 1.59. The van der Waals surface area contributed by atoms with Gasteiger partial charge in [-0.25, -0.2) is 9.78 Å². The number of pyridine rings is 1. The molecule has 0 aliphatic carbocycles. The van der Waals surface area contributed by atoms with Crippen LogP contribution in [-0.2, 0) is 22.6 Å². The van der Waals surface area contributed by atoms with Gasteiger partial charge in [0.15, 0.2) is 0 Å². The number of urea groups is 1. The van der Waals surface area contributed by atoms with Gasteiger partial charge in [-0.2, -0.15) is 0 Å². The van der Waals surface area contributed by atoms with Crippen molar-refractivity contribution in [2.75, 3.05) is 17.2 Å². The number of hydrogen-bond donors (Lipinski definition) is 5. The summed E-state index contributed by atoms with van der Waals surface area (Å²) in [5.41, 5.74) is 2.24. The zero-order chi connectivity index (χ0) is 27.6. The number of nitrogens with one attached hydrogen (secondary N) is 4. The lowest BCUT2D eigenvalue weighted by molar-refractivity contribution is -0.137. The van der Waals surface area contributed by atoms with Crippen molar-refractivity contribution in [3.63, 3.8) is 0 Å². The van der Waals surface area contributed by atoms with Crippen LogP contribution in [0.5, 0.6) is 0 Å². The highest BCUT2D eigenvalue weighted by molar-refractivity contribution is 6.00. The van der Waals surface area contributed by atoms with Crippen molar-refractivity contribution in [2.24, 2.45) is 0 Å². The Kier molecular flexibility index (Phi) is 8.81. The number of rotatable bonds is 10. The van der Waals surface area contributed by atoms with E-state index in [1.807, 2.05) is 42.5 Å². The van der Waals surface area contributed by atoms with Crippen molar-refractivity contribution in [1.29, 1.82) is 0 Å². The molecule has 4 rings (SSSR count). The largest absolute Gasteiger partial charge is 0.481 e. The third-order valence-corrected chi connectivity index (χ3v) is 5.87. The minimum atomic E-state index is -0.956. The van der Waals surface area contributed by atoms with Gasteiger partial charge in [0.1, 0.15) is 5.82 Å². The summed E-state index contributed by atoms with van der Waals surface area (Å²) in [6, 6.07) is 23.1. The summed E-state index contributed by atoms with van der Waals surface area (Å²) >= 11 is 0. The number of aliphatic carboxylic acids is 1. The molecular weight excluding hydrogens is 498 g/mol. The molecule has 0 aliphatic heterocycles.